The molecule has 0 aliphatic carbocycles. The summed E-state index contributed by atoms with van der Waals surface area (Å²) in [6, 6.07) is 12.7. The molecule has 24 heavy (non-hydrogen) atoms. The zero-order valence-electron chi connectivity index (χ0n) is 14.3. The first-order valence-corrected chi connectivity index (χ1v) is 7.89. The van der Waals surface area contributed by atoms with Gasteiger partial charge in [0.2, 0.25) is 0 Å². The molecule has 2 aromatic carbocycles. The van der Waals surface area contributed by atoms with E-state index < -0.39 is 0 Å². The van der Waals surface area contributed by atoms with Crippen LogP contribution in [0.3, 0.4) is 0 Å². The molecule has 0 atom stereocenters. The molecule has 0 bridgehead atoms. The molecule has 0 radical (unpaired) electrons. The fourth-order valence-corrected chi connectivity index (χ4v) is 2.33. The summed E-state index contributed by atoms with van der Waals surface area (Å²) < 4.78 is 10.9. The molecule has 0 aliphatic heterocycles. The molecule has 1 amide bonds. The molecule has 2 rings (SSSR count). The highest BCUT2D eigenvalue weighted by Gasteiger charge is 2.10. The number of carbonyl (C=O) groups is 1. The van der Waals surface area contributed by atoms with Crippen molar-refractivity contribution in [3.8, 4) is 11.5 Å². The van der Waals surface area contributed by atoms with Gasteiger partial charge >= 0.3 is 0 Å². The number of carbonyl (C=O) groups excluding carboxylic acids is 1. The van der Waals surface area contributed by atoms with Crippen molar-refractivity contribution in [3.05, 3.63) is 66.2 Å². The first kappa shape index (κ1) is 17.6. The highest BCUT2D eigenvalue weighted by atomic mass is 16.5. The Kier molecular flexibility index (Phi) is 6.01. The van der Waals surface area contributed by atoms with Crippen LogP contribution in [-0.2, 0) is 6.42 Å². The number of rotatable bonds is 7. The van der Waals surface area contributed by atoms with Crippen LogP contribution in [0.4, 0.5) is 5.69 Å². The number of amides is 1. The molecule has 126 valence electrons. The smallest absolute Gasteiger partial charge is 0.255 e. The quantitative estimate of drug-likeness (QED) is 0.764. The van der Waals surface area contributed by atoms with Crippen LogP contribution in [0.1, 0.15) is 29.8 Å². The molecule has 0 spiro atoms. The lowest BCUT2D eigenvalue weighted by Gasteiger charge is -2.12. The lowest BCUT2D eigenvalue weighted by atomic mass is 10.1. The normalized spacial score (nSPS) is 10.3. The number of nitrogens with one attached hydrogen (secondary N) is 1. The summed E-state index contributed by atoms with van der Waals surface area (Å²) in [4.78, 5) is 12.4. The van der Waals surface area contributed by atoms with Gasteiger partial charge in [0.15, 0.2) is 0 Å². The number of hydrogen-bond acceptors (Lipinski definition) is 3. The Bertz CT molecular complexity index is 705. The molecule has 1 N–H and O–H groups in total. The summed E-state index contributed by atoms with van der Waals surface area (Å²) in [5.74, 6) is 1.36. The van der Waals surface area contributed by atoms with Crippen LogP contribution in [-0.4, -0.2) is 19.1 Å². The second-order valence-electron chi connectivity index (χ2n) is 5.66. The van der Waals surface area contributed by atoms with Crippen molar-refractivity contribution in [2.24, 2.45) is 0 Å². The summed E-state index contributed by atoms with van der Waals surface area (Å²) in [6.07, 6.45) is 2.55. The monoisotopic (exact) mass is 325 g/mol. The molecular weight excluding hydrogens is 302 g/mol. The van der Waals surface area contributed by atoms with Crippen LogP contribution >= 0.6 is 0 Å². The predicted octanol–water partition coefficient (Wildman–Crippen LogP) is 4.46. The third-order valence-electron chi connectivity index (χ3n) is 3.39. The summed E-state index contributed by atoms with van der Waals surface area (Å²) in [5, 5.41) is 2.88. The number of methoxy groups -OCH3 is 1. The molecule has 4 nitrogen and oxygen atoms in total. The minimum Gasteiger partial charge on any atom is -0.496 e. The van der Waals surface area contributed by atoms with Crippen molar-refractivity contribution in [1.82, 2.24) is 0 Å². The fourth-order valence-electron chi connectivity index (χ4n) is 2.33. The van der Waals surface area contributed by atoms with E-state index in [9.17, 15) is 4.79 Å². The van der Waals surface area contributed by atoms with Crippen molar-refractivity contribution in [3.63, 3.8) is 0 Å². The largest absolute Gasteiger partial charge is 0.496 e. The van der Waals surface area contributed by atoms with Gasteiger partial charge in [0.1, 0.15) is 11.5 Å². The first-order chi connectivity index (χ1) is 11.5. The van der Waals surface area contributed by atoms with Gasteiger partial charge in [-0.2, -0.15) is 0 Å². The highest BCUT2D eigenvalue weighted by molar-refractivity contribution is 6.04. The Morgan fingerprint density at radius 1 is 1.21 bits per heavy atom. The number of allylic oxidation sites excluding steroid dienone is 1. The van der Waals surface area contributed by atoms with Gasteiger partial charge in [-0.3, -0.25) is 4.79 Å². The molecule has 0 fully saturated rings. The minimum absolute atomic E-state index is 0.119. The molecule has 4 heteroatoms. The Balaban J connectivity index is 2.11. The molecular formula is C20H23NO3. The van der Waals surface area contributed by atoms with E-state index in [0.717, 1.165) is 22.7 Å². The van der Waals surface area contributed by atoms with Crippen LogP contribution in [0.2, 0.25) is 0 Å². The van der Waals surface area contributed by atoms with Gasteiger partial charge in [-0.05, 0) is 68.3 Å². The van der Waals surface area contributed by atoms with Crippen molar-refractivity contribution < 1.29 is 14.3 Å². The van der Waals surface area contributed by atoms with E-state index in [4.69, 9.17) is 9.47 Å². The second kappa shape index (κ2) is 8.20. The summed E-state index contributed by atoms with van der Waals surface area (Å²) in [5.41, 5.74) is 2.23. The Morgan fingerprint density at radius 2 is 1.92 bits per heavy atom. The summed E-state index contributed by atoms with van der Waals surface area (Å²) in [6.45, 7) is 7.68. The van der Waals surface area contributed by atoms with E-state index in [1.807, 2.05) is 44.2 Å². The van der Waals surface area contributed by atoms with E-state index in [-0.39, 0.29) is 12.0 Å². The fraction of sp³-hybridized carbons (Fsp3) is 0.250. The van der Waals surface area contributed by atoms with Crippen molar-refractivity contribution >= 4 is 11.6 Å². The summed E-state index contributed by atoms with van der Waals surface area (Å²) >= 11 is 0. The average Bonchev–Trinajstić information content (AvgIpc) is 2.56. The Morgan fingerprint density at radius 3 is 2.50 bits per heavy atom. The van der Waals surface area contributed by atoms with Gasteiger partial charge in [0.05, 0.1) is 13.2 Å². The maximum atomic E-state index is 12.4. The third kappa shape index (κ3) is 4.62. The number of benzene rings is 2. The van der Waals surface area contributed by atoms with Crippen molar-refractivity contribution in [2.45, 2.75) is 26.4 Å². The van der Waals surface area contributed by atoms with E-state index >= 15 is 0 Å². The van der Waals surface area contributed by atoms with Gasteiger partial charge in [0, 0.05) is 11.3 Å². The molecule has 0 saturated heterocycles. The van der Waals surface area contributed by atoms with E-state index in [1.54, 1.807) is 25.3 Å². The first-order valence-electron chi connectivity index (χ1n) is 7.89. The molecule has 0 aliphatic rings. The lowest BCUT2D eigenvalue weighted by Crippen LogP contribution is -2.12. The maximum absolute atomic E-state index is 12.4. The molecule has 0 unspecified atom stereocenters. The lowest BCUT2D eigenvalue weighted by molar-refractivity contribution is 0.102. The third-order valence-corrected chi connectivity index (χ3v) is 3.39. The van der Waals surface area contributed by atoms with Gasteiger partial charge < -0.3 is 14.8 Å². The molecule has 0 saturated carbocycles. The van der Waals surface area contributed by atoms with Crippen LogP contribution in [0, 0.1) is 0 Å². The Hall–Kier alpha value is -2.75. The summed E-state index contributed by atoms with van der Waals surface area (Å²) in [7, 11) is 1.61. The molecule has 2 aromatic rings. The van der Waals surface area contributed by atoms with Gasteiger partial charge in [0.25, 0.3) is 5.91 Å². The van der Waals surface area contributed by atoms with Gasteiger partial charge in [-0.25, -0.2) is 0 Å². The van der Waals surface area contributed by atoms with Gasteiger partial charge in [-0.15, -0.1) is 6.58 Å². The molecule has 0 heterocycles. The van der Waals surface area contributed by atoms with Gasteiger partial charge in [-0.1, -0.05) is 6.08 Å². The van der Waals surface area contributed by atoms with E-state index in [1.165, 1.54) is 0 Å². The number of ether oxygens (including phenoxy) is 2. The topological polar surface area (TPSA) is 47.6 Å². The van der Waals surface area contributed by atoms with Crippen LogP contribution in [0.15, 0.2) is 55.1 Å². The van der Waals surface area contributed by atoms with E-state index in [2.05, 4.69) is 11.9 Å². The maximum Gasteiger partial charge on any atom is 0.255 e. The zero-order chi connectivity index (χ0) is 17.5. The van der Waals surface area contributed by atoms with Crippen LogP contribution in [0.5, 0.6) is 11.5 Å². The number of anilines is 1. The predicted molar refractivity (Wildman–Crippen MR) is 97.1 cm³/mol. The van der Waals surface area contributed by atoms with Crippen LogP contribution in [0.25, 0.3) is 0 Å². The highest BCUT2D eigenvalue weighted by Crippen LogP contribution is 2.22. The van der Waals surface area contributed by atoms with E-state index in [0.29, 0.717) is 12.0 Å². The average molecular weight is 325 g/mol. The van der Waals surface area contributed by atoms with Crippen LogP contribution < -0.4 is 14.8 Å². The number of hydrogen-bond donors (Lipinski definition) is 1. The second-order valence-corrected chi connectivity index (χ2v) is 5.66. The van der Waals surface area contributed by atoms with Crippen molar-refractivity contribution in [1.29, 1.82) is 0 Å². The SMILES string of the molecule is C=CCc1cc(C(=O)Nc2ccc(OC(C)C)cc2)ccc1OC. The van der Waals surface area contributed by atoms with Crippen molar-refractivity contribution in [2.75, 3.05) is 12.4 Å². The molecule has 0 aromatic heterocycles. The zero-order valence-corrected chi connectivity index (χ0v) is 14.3. The minimum atomic E-state index is -0.166. The standard InChI is InChI=1S/C20H23NO3/c1-5-6-15-13-16(7-12-19(15)23-4)20(22)21-17-8-10-18(11-9-17)24-14(2)3/h5,7-14H,1,6H2,2-4H3,(H,21,22). The Labute approximate surface area is 143 Å².